The summed E-state index contributed by atoms with van der Waals surface area (Å²) in [5.74, 6) is -6.66. The number of benzene rings is 1. The van der Waals surface area contributed by atoms with Crippen LogP contribution in [0.4, 0.5) is 5.69 Å². The van der Waals surface area contributed by atoms with Gasteiger partial charge in [0.15, 0.2) is 18.7 Å². The van der Waals surface area contributed by atoms with Crippen LogP contribution in [0.15, 0.2) is 23.1 Å². The van der Waals surface area contributed by atoms with Gasteiger partial charge in [0.1, 0.15) is 34.8 Å². The smallest absolute Gasteiger partial charge is 0.341 e. The Kier molecular flexibility index (Phi) is 22.8. The number of fused-ring (bicyclic) bond motifs is 1. The number of pyridine rings is 1. The quantitative estimate of drug-likeness (QED) is 0.0700. The van der Waals surface area contributed by atoms with Gasteiger partial charge in [-0.05, 0) is 99.9 Å². The van der Waals surface area contributed by atoms with Gasteiger partial charge in [-0.2, -0.15) is 0 Å². The number of nitrogens with one attached hydrogen (secondary N) is 2. The second-order valence-electron chi connectivity index (χ2n) is 23.8. The zero-order valence-electron chi connectivity index (χ0n) is 49.7. The molecule has 1 saturated carbocycles. The average Bonchev–Trinajstić information content (AvgIpc) is 4.41. The van der Waals surface area contributed by atoms with Crippen molar-refractivity contribution in [3.05, 3.63) is 39.1 Å². The number of carbonyl (C=O) groups excluding carboxylic acids is 3. The summed E-state index contributed by atoms with van der Waals surface area (Å²) in [5.41, 5.74) is -4.33. The summed E-state index contributed by atoms with van der Waals surface area (Å²) in [6.45, 7) is 18.6. The highest BCUT2D eigenvalue weighted by atomic mass is 35.5. The number of aromatic carboxylic acids is 1. The van der Waals surface area contributed by atoms with E-state index < -0.39 is 119 Å². The van der Waals surface area contributed by atoms with E-state index >= 15 is 0 Å². The highest BCUT2D eigenvalue weighted by Gasteiger charge is 2.55. The van der Waals surface area contributed by atoms with E-state index in [-0.39, 0.29) is 73.8 Å². The number of hydrogen-bond acceptors (Lipinski definition) is 20. The first-order chi connectivity index (χ1) is 38.0. The predicted octanol–water partition coefficient (Wildman–Crippen LogP) is 5.10. The SMILES string of the molecule is CC[C@H]1OC(=O)[C@H](C)[C@@H](OC2C[C@@](C)(OC)[C@@H](OC(=O)CCNCCOCCNc3cc4c(=O)c(C(=O)O)cn(C5CC5)c4cc3Cl)[C@H](C)O2)[C@H](C)[C@@H](OC2O[C@H](C)C[C@H](N(C)C)[C@H]2O)[C@](C)(OC)C[C@@H](C)C(=O)[C@H](C)[C@@H](O)[C@]1(C)O. The Morgan fingerprint density at radius 2 is 1.54 bits per heavy atom. The van der Waals surface area contributed by atoms with Crippen molar-refractivity contribution >= 4 is 51.9 Å². The Bertz CT molecular complexity index is 2550. The molecule has 4 aliphatic rings. The normalized spacial score (nSPS) is 36.5. The Morgan fingerprint density at radius 1 is 0.889 bits per heavy atom. The Hall–Kier alpha value is -3.88. The lowest BCUT2D eigenvalue weighted by Crippen LogP contribution is -2.61. The maximum absolute atomic E-state index is 14.6. The molecule has 1 aromatic heterocycles. The van der Waals surface area contributed by atoms with Crippen molar-refractivity contribution in [1.82, 2.24) is 14.8 Å². The number of rotatable bonds is 21. The van der Waals surface area contributed by atoms with Gasteiger partial charge in [0.2, 0.25) is 5.43 Å². The molecule has 0 spiro atoms. The van der Waals surface area contributed by atoms with Crippen molar-refractivity contribution in [2.75, 3.05) is 66.5 Å². The number of carboxylic acids is 1. The molecule has 458 valence electrons. The molecule has 1 aromatic carbocycles. The summed E-state index contributed by atoms with van der Waals surface area (Å²) in [5, 5.41) is 52.0. The predicted molar refractivity (Wildman–Crippen MR) is 300 cm³/mol. The molecule has 81 heavy (non-hydrogen) atoms. The van der Waals surface area contributed by atoms with E-state index in [1.54, 1.807) is 53.7 Å². The lowest BCUT2D eigenvalue weighted by atomic mass is 9.74. The van der Waals surface area contributed by atoms with Gasteiger partial charge < -0.3 is 83.2 Å². The third-order valence-electron chi connectivity index (χ3n) is 17.3. The van der Waals surface area contributed by atoms with Gasteiger partial charge >= 0.3 is 17.9 Å². The van der Waals surface area contributed by atoms with Crippen LogP contribution in [0.25, 0.3) is 10.9 Å². The van der Waals surface area contributed by atoms with E-state index in [1.165, 1.54) is 34.3 Å². The molecule has 23 heteroatoms. The zero-order chi connectivity index (χ0) is 60.1. The number of aromatic nitrogens is 1. The fourth-order valence-electron chi connectivity index (χ4n) is 12.1. The number of aliphatic hydroxyl groups excluding tert-OH is 2. The standard InChI is InChI=1S/C58H91ClN4O18/c1-15-43-58(10,72)50(68)32(4)46(65)30(2)27-56(8,73-13)51(81-55-48(67)42(62(11)12)24-31(3)76-55)33(5)49(34(6)54(71)78-43)80-45-28-57(9,74-14)52(35(7)77-45)79-44(64)18-19-60-20-22-75-23-21-61-40-25-37-41(26-39(40)59)63(36-16-17-36)29-38(47(37)66)53(69)70/h25-26,29-36,42-43,45,48-52,55,60-61,67-68,72H,15-24,27-28H2,1-14H3,(H,69,70)/t30-,31-,32+,33+,34-,35+,42+,43-,45?,48-,49+,50-,51-,52+,55?,56-,57-,58-/m1/s1. The molecule has 1 aliphatic carbocycles. The van der Waals surface area contributed by atoms with Crippen LogP contribution >= 0.6 is 11.6 Å². The average molecular weight is 1170 g/mol. The second kappa shape index (κ2) is 27.9. The molecular formula is C58H91ClN4O18. The Balaban J connectivity index is 1.11. The molecule has 0 radical (unpaired) electrons. The second-order valence-corrected chi connectivity index (χ2v) is 24.2. The zero-order valence-corrected chi connectivity index (χ0v) is 50.5. The number of cyclic esters (lactones) is 1. The van der Waals surface area contributed by atoms with E-state index in [0.29, 0.717) is 42.3 Å². The summed E-state index contributed by atoms with van der Waals surface area (Å²) in [6.07, 6.45) is -6.48. The molecule has 6 rings (SSSR count). The molecular weight excluding hydrogens is 1080 g/mol. The Labute approximate surface area is 481 Å². The van der Waals surface area contributed by atoms with E-state index in [9.17, 15) is 44.4 Å². The van der Waals surface area contributed by atoms with Gasteiger partial charge in [0, 0.05) is 81.7 Å². The fourth-order valence-corrected chi connectivity index (χ4v) is 12.4. The van der Waals surface area contributed by atoms with Crippen LogP contribution in [-0.4, -0.2) is 199 Å². The highest BCUT2D eigenvalue weighted by Crippen LogP contribution is 2.43. The van der Waals surface area contributed by atoms with Crippen LogP contribution in [0.3, 0.4) is 0 Å². The summed E-state index contributed by atoms with van der Waals surface area (Å²) in [4.78, 5) is 69.1. The number of ketones is 1. The maximum atomic E-state index is 14.6. The number of carbonyl (C=O) groups is 4. The van der Waals surface area contributed by atoms with Crippen molar-refractivity contribution in [3.8, 4) is 0 Å². The third kappa shape index (κ3) is 15.3. The number of aliphatic hydroxyl groups is 3. The molecule has 2 unspecified atom stereocenters. The molecule has 3 aliphatic heterocycles. The molecule has 2 aromatic rings. The van der Waals surface area contributed by atoms with Crippen LogP contribution in [0.5, 0.6) is 0 Å². The van der Waals surface area contributed by atoms with Gasteiger partial charge in [0.25, 0.3) is 0 Å². The topological polar surface area (TPSA) is 282 Å². The highest BCUT2D eigenvalue weighted by molar-refractivity contribution is 6.34. The Morgan fingerprint density at radius 3 is 2.16 bits per heavy atom. The first-order valence-corrected chi connectivity index (χ1v) is 29.0. The van der Waals surface area contributed by atoms with Crippen LogP contribution in [-0.2, 0) is 57.0 Å². The first-order valence-electron chi connectivity index (χ1n) is 28.6. The summed E-state index contributed by atoms with van der Waals surface area (Å²) in [6, 6.07) is 3.05. The molecule has 3 saturated heterocycles. The van der Waals surface area contributed by atoms with Crippen LogP contribution in [0.2, 0.25) is 5.02 Å². The number of ether oxygens (including phenoxy) is 9. The number of halogens is 1. The number of hydrogen-bond donors (Lipinski definition) is 6. The number of esters is 2. The molecule has 0 bridgehead atoms. The van der Waals surface area contributed by atoms with E-state index in [4.69, 9.17) is 54.2 Å². The first kappa shape index (κ1) is 66.3. The number of carboxylic acid groups (broad SMARTS) is 1. The fraction of sp³-hybridized carbons (Fsp3) is 0.776. The molecule has 6 N–H and O–H groups in total. The molecule has 22 nitrogen and oxygen atoms in total. The van der Waals surface area contributed by atoms with E-state index in [2.05, 4.69) is 10.6 Å². The lowest BCUT2D eigenvalue weighted by Gasteiger charge is -2.50. The van der Waals surface area contributed by atoms with Crippen molar-refractivity contribution in [2.45, 2.75) is 204 Å². The van der Waals surface area contributed by atoms with Crippen molar-refractivity contribution in [3.63, 3.8) is 0 Å². The molecule has 18 atom stereocenters. The molecule has 4 fully saturated rings. The van der Waals surface area contributed by atoms with Crippen LogP contribution < -0.4 is 16.1 Å². The van der Waals surface area contributed by atoms with Gasteiger partial charge in [-0.3, -0.25) is 19.2 Å². The minimum absolute atomic E-state index is 0.00907. The molecule has 4 heterocycles. The third-order valence-corrected chi connectivity index (χ3v) is 17.6. The number of methoxy groups -OCH3 is 2. The van der Waals surface area contributed by atoms with Crippen LogP contribution in [0, 0.1) is 23.7 Å². The minimum Gasteiger partial charge on any atom is -0.477 e. The maximum Gasteiger partial charge on any atom is 0.341 e. The van der Waals surface area contributed by atoms with Gasteiger partial charge in [-0.1, -0.05) is 39.3 Å². The van der Waals surface area contributed by atoms with Gasteiger partial charge in [0.05, 0.1) is 77.9 Å². The number of Topliss-reactive ketones (excluding diaryl/α,β-unsaturated/α-hetero) is 1. The van der Waals surface area contributed by atoms with E-state index in [1.807, 2.05) is 37.4 Å². The van der Waals surface area contributed by atoms with E-state index in [0.717, 1.165) is 12.8 Å². The van der Waals surface area contributed by atoms with Gasteiger partial charge in [-0.15, -0.1) is 0 Å². The summed E-state index contributed by atoms with van der Waals surface area (Å²) >= 11 is 6.59. The number of nitrogens with zero attached hydrogens (tertiary/aromatic N) is 2. The summed E-state index contributed by atoms with van der Waals surface area (Å²) in [7, 11) is 6.71. The van der Waals surface area contributed by atoms with Gasteiger partial charge in [-0.25, -0.2) is 4.79 Å². The van der Waals surface area contributed by atoms with Crippen molar-refractivity contribution in [1.29, 1.82) is 0 Å². The minimum atomic E-state index is -2.03. The number of anilines is 1. The number of likely N-dealkylation sites (N-methyl/N-ethyl adjacent to an activating group) is 1. The molecule has 0 amide bonds. The van der Waals surface area contributed by atoms with Crippen molar-refractivity contribution < 1.29 is 82.2 Å². The lowest BCUT2D eigenvalue weighted by molar-refractivity contribution is -0.320. The monoisotopic (exact) mass is 1170 g/mol. The van der Waals surface area contributed by atoms with Crippen molar-refractivity contribution in [2.24, 2.45) is 23.7 Å². The van der Waals surface area contributed by atoms with Crippen LogP contribution in [0.1, 0.15) is 131 Å². The largest absolute Gasteiger partial charge is 0.477 e. The summed E-state index contributed by atoms with van der Waals surface area (Å²) < 4.78 is 58.9.